The Labute approximate surface area is 252 Å². The van der Waals surface area contributed by atoms with Gasteiger partial charge in [-0.3, -0.25) is 14.5 Å². The maximum Gasteiger partial charge on any atom is 0.308 e. The van der Waals surface area contributed by atoms with Crippen LogP contribution in [0.3, 0.4) is 0 Å². The molecule has 1 aliphatic rings. The van der Waals surface area contributed by atoms with Crippen molar-refractivity contribution >= 4 is 57.8 Å². The maximum atomic E-state index is 12.1. The second-order valence-electron chi connectivity index (χ2n) is 9.10. The highest BCUT2D eigenvalue weighted by Crippen LogP contribution is 2.31. The normalized spacial score (nSPS) is 13.3. The molecule has 1 fully saturated rings. The lowest BCUT2D eigenvalue weighted by atomic mass is 10.2. The molecule has 0 saturated carbocycles. The van der Waals surface area contributed by atoms with Gasteiger partial charge >= 0.3 is 5.97 Å². The highest BCUT2D eigenvalue weighted by atomic mass is 35.5. The molecule has 0 unspecified atom stereocenters. The Morgan fingerprint density at radius 2 is 1.38 bits per heavy atom. The van der Waals surface area contributed by atoms with Gasteiger partial charge in [-0.05, 0) is 59.7 Å². The average molecular weight is 618 g/mol. The Balaban J connectivity index is 0.000000201. The fourth-order valence-corrected chi connectivity index (χ4v) is 6.47. The molecule has 2 aromatic carbocycles. The summed E-state index contributed by atoms with van der Waals surface area (Å²) in [6.45, 7) is 5.04. The van der Waals surface area contributed by atoms with E-state index in [0.717, 1.165) is 68.5 Å². The molecule has 1 saturated heterocycles. The fraction of sp³-hybridized carbons (Fsp3) is 0.267. The van der Waals surface area contributed by atoms with Crippen molar-refractivity contribution in [1.82, 2.24) is 10.2 Å². The largest absolute Gasteiger partial charge is 0.481 e. The van der Waals surface area contributed by atoms with Gasteiger partial charge in [-0.1, -0.05) is 47.5 Å². The van der Waals surface area contributed by atoms with Crippen LogP contribution in [0.1, 0.15) is 9.75 Å². The Hall–Kier alpha value is -2.72. The molecular formula is C30H30Cl2N2O4S2. The second kappa shape index (κ2) is 15.3. The number of carbonyl (C=O) groups excluding carboxylic acids is 1. The van der Waals surface area contributed by atoms with Gasteiger partial charge in [-0.25, -0.2) is 0 Å². The van der Waals surface area contributed by atoms with Crippen LogP contribution < -0.4 is 5.32 Å². The van der Waals surface area contributed by atoms with Crippen LogP contribution in [0.5, 0.6) is 0 Å². The van der Waals surface area contributed by atoms with E-state index in [-0.39, 0.29) is 12.3 Å². The number of ether oxygens (including phenoxy) is 1. The molecule has 40 heavy (non-hydrogen) atoms. The van der Waals surface area contributed by atoms with Gasteiger partial charge in [0, 0.05) is 55.7 Å². The van der Waals surface area contributed by atoms with E-state index in [1.54, 1.807) is 11.3 Å². The molecule has 1 aliphatic heterocycles. The predicted molar refractivity (Wildman–Crippen MR) is 165 cm³/mol. The molecule has 5 rings (SSSR count). The third kappa shape index (κ3) is 9.73. The summed E-state index contributed by atoms with van der Waals surface area (Å²) in [6.07, 6.45) is 0.500. The van der Waals surface area contributed by atoms with Crippen LogP contribution in [0.4, 0.5) is 0 Å². The van der Waals surface area contributed by atoms with Crippen LogP contribution in [-0.2, 0) is 27.2 Å². The number of aliphatic carboxylic acids is 1. The molecular weight excluding hydrogens is 587 g/mol. The summed E-state index contributed by atoms with van der Waals surface area (Å²) < 4.78 is 5.32. The van der Waals surface area contributed by atoms with Gasteiger partial charge in [0.25, 0.3) is 0 Å². The van der Waals surface area contributed by atoms with E-state index in [1.807, 2.05) is 72.8 Å². The van der Waals surface area contributed by atoms with E-state index in [2.05, 4.69) is 10.2 Å². The zero-order chi connectivity index (χ0) is 28.3. The SMILES string of the molecule is O=C(Cc1ccc(-c2cccc(Cl)c2)s1)NCCN1CCOCC1.O=C(O)Cc1ccc(-c2cccc(Cl)c2)s1. The van der Waals surface area contributed by atoms with Crippen molar-refractivity contribution in [3.8, 4) is 20.9 Å². The number of carboxylic acids is 1. The zero-order valence-electron chi connectivity index (χ0n) is 21.8. The first-order chi connectivity index (χ1) is 19.4. The Kier molecular flexibility index (Phi) is 11.6. The molecule has 0 radical (unpaired) electrons. The van der Waals surface area contributed by atoms with Gasteiger partial charge in [0.15, 0.2) is 0 Å². The van der Waals surface area contributed by atoms with Gasteiger partial charge in [-0.15, -0.1) is 22.7 Å². The Morgan fingerprint density at radius 3 is 1.90 bits per heavy atom. The summed E-state index contributed by atoms with van der Waals surface area (Å²) >= 11 is 15.1. The monoisotopic (exact) mass is 616 g/mol. The first-order valence-corrected chi connectivity index (χ1v) is 15.2. The third-order valence-corrected chi connectivity index (χ3v) is 8.79. The quantitative estimate of drug-likeness (QED) is 0.217. The molecule has 1 amide bonds. The molecule has 0 atom stereocenters. The first kappa shape index (κ1) is 30.2. The number of hydrogen-bond donors (Lipinski definition) is 2. The maximum absolute atomic E-state index is 12.1. The Bertz CT molecular complexity index is 1420. The summed E-state index contributed by atoms with van der Waals surface area (Å²) in [6, 6.07) is 23.1. The van der Waals surface area contributed by atoms with Crippen molar-refractivity contribution in [2.45, 2.75) is 12.8 Å². The molecule has 0 spiro atoms. The van der Waals surface area contributed by atoms with Gasteiger partial charge in [0.1, 0.15) is 0 Å². The van der Waals surface area contributed by atoms with Crippen LogP contribution >= 0.6 is 45.9 Å². The molecule has 210 valence electrons. The number of morpholine rings is 1. The van der Waals surface area contributed by atoms with Crippen molar-refractivity contribution in [2.24, 2.45) is 0 Å². The number of benzene rings is 2. The number of hydrogen-bond acceptors (Lipinski definition) is 6. The van der Waals surface area contributed by atoms with E-state index in [0.29, 0.717) is 18.0 Å². The summed E-state index contributed by atoms with van der Waals surface area (Å²) in [5, 5.41) is 13.1. The van der Waals surface area contributed by atoms with Crippen molar-refractivity contribution in [2.75, 3.05) is 39.4 Å². The smallest absolute Gasteiger partial charge is 0.308 e. The molecule has 3 heterocycles. The zero-order valence-corrected chi connectivity index (χ0v) is 24.9. The Morgan fingerprint density at radius 1 is 0.825 bits per heavy atom. The van der Waals surface area contributed by atoms with Crippen LogP contribution in [0.25, 0.3) is 20.9 Å². The number of nitrogens with zero attached hydrogens (tertiary/aromatic N) is 1. The molecule has 0 bridgehead atoms. The summed E-state index contributed by atoms with van der Waals surface area (Å²) in [5.41, 5.74) is 2.11. The van der Waals surface area contributed by atoms with Crippen molar-refractivity contribution in [3.05, 3.63) is 92.6 Å². The van der Waals surface area contributed by atoms with Gasteiger partial charge < -0.3 is 15.2 Å². The minimum Gasteiger partial charge on any atom is -0.481 e. The van der Waals surface area contributed by atoms with Crippen LogP contribution in [0, 0.1) is 0 Å². The van der Waals surface area contributed by atoms with Crippen molar-refractivity contribution in [3.63, 3.8) is 0 Å². The number of amides is 1. The standard InChI is InChI=1S/C18H21ClN2O2S.C12H9ClO2S/c19-15-3-1-2-14(12-15)17-5-4-16(24-17)13-18(22)20-6-7-21-8-10-23-11-9-21;13-9-3-1-2-8(6-9)11-5-4-10(16-11)7-12(14)15/h1-5,12H,6-11,13H2,(H,20,22);1-6H,7H2,(H,14,15). The molecule has 2 aromatic heterocycles. The second-order valence-corrected chi connectivity index (χ2v) is 12.3. The lowest BCUT2D eigenvalue weighted by Gasteiger charge is -2.26. The topological polar surface area (TPSA) is 78.9 Å². The highest BCUT2D eigenvalue weighted by molar-refractivity contribution is 7.15. The molecule has 6 nitrogen and oxygen atoms in total. The van der Waals surface area contributed by atoms with E-state index in [1.165, 1.54) is 11.3 Å². The van der Waals surface area contributed by atoms with Crippen molar-refractivity contribution < 1.29 is 19.4 Å². The minimum atomic E-state index is -0.806. The fourth-order valence-electron chi connectivity index (χ4n) is 4.09. The van der Waals surface area contributed by atoms with E-state index >= 15 is 0 Å². The molecule has 4 aromatic rings. The summed E-state index contributed by atoms with van der Waals surface area (Å²) in [5.74, 6) is -0.734. The number of thiophene rings is 2. The average Bonchev–Trinajstić information content (AvgIpc) is 3.59. The number of nitrogens with one attached hydrogen (secondary N) is 1. The van der Waals surface area contributed by atoms with Crippen LogP contribution in [0.15, 0.2) is 72.8 Å². The molecule has 0 aliphatic carbocycles. The highest BCUT2D eigenvalue weighted by Gasteiger charge is 2.12. The summed E-state index contributed by atoms with van der Waals surface area (Å²) in [7, 11) is 0. The lowest BCUT2D eigenvalue weighted by Crippen LogP contribution is -2.41. The van der Waals surface area contributed by atoms with Crippen molar-refractivity contribution in [1.29, 1.82) is 0 Å². The lowest BCUT2D eigenvalue weighted by molar-refractivity contribution is -0.136. The van der Waals surface area contributed by atoms with E-state index in [4.69, 9.17) is 33.0 Å². The number of carbonyl (C=O) groups is 2. The van der Waals surface area contributed by atoms with Gasteiger partial charge in [0.05, 0.1) is 26.1 Å². The number of halogens is 2. The number of carboxylic acid groups (broad SMARTS) is 1. The number of rotatable bonds is 9. The first-order valence-electron chi connectivity index (χ1n) is 12.8. The van der Waals surface area contributed by atoms with Gasteiger partial charge in [0.2, 0.25) is 5.91 Å². The van der Waals surface area contributed by atoms with Gasteiger partial charge in [-0.2, -0.15) is 0 Å². The van der Waals surface area contributed by atoms with Crippen LogP contribution in [0.2, 0.25) is 10.0 Å². The van der Waals surface area contributed by atoms with E-state index < -0.39 is 5.97 Å². The third-order valence-electron chi connectivity index (χ3n) is 6.06. The summed E-state index contributed by atoms with van der Waals surface area (Å²) in [4.78, 5) is 29.0. The van der Waals surface area contributed by atoms with E-state index in [9.17, 15) is 9.59 Å². The minimum absolute atomic E-state index is 0.0720. The van der Waals surface area contributed by atoms with Crippen LogP contribution in [-0.4, -0.2) is 61.3 Å². The predicted octanol–water partition coefficient (Wildman–Crippen LogP) is 6.76. The molecule has 10 heteroatoms. The molecule has 2 N–H and O–H groups in total.